The Hall–Kier alpha value is -0.160. The number of aliphatic hydroxyl groups excluding tert-OH is 2. The summed E-state index contributed by atoms with van der Waals surface area (Å²) < 4.78 is 4.63. The van der Waals surface area contributed by atoms with Gasteiger partial charge < -0.3 is 20.1 Å². The van der Waals surface area contributed by atoms with E-state index in [1.165, 1.54) is 32.1 Å². The second kappa shape index (κ2) is 15.2. The van der Waals surface area contributed by atoms with Crippen molar-refractivity contribution in [1.82, 2.24) is 0 Å². The van der Waals surface area contributed by atoms with Crippen molar-refractivity contribution >= 4 is 0 Å². The zero-order chi connectivity index (χ0) is 15.9. The van der Waals surface area contributed by atoms with Crippen molar-refractivity contribution in [3.63, 3.8) is 0 Å². The largest absolute Gasteiger partial charge is 0.394 e. The molecule has 0 aliphatic heterocycles. The number of unbranched alkanes of at least 4 members (excludes halogenated alkanes) is 4. The summed E-state index contributed by atoms with van der Waals surface area (Å²) in [6.45, 7) is 8.88. The number of hydrogen-bond donors (Lipinski definition) is 3. The van der Waals surface area contributed by atoms with Gasteiger partial charge in [-0.05, 0) is 26.2 Å². The van der Waals surface area contributed by atoms with Gasteiger partial charge in [0, 0.05) is 0 Å². The van der Waals surface area contributed by atoms with Crippen LogP contribution in [0.2, 0.25) is 0 Å². The molecule has 3 N–H and O–H groups in total. The maximum Gasteiger partial charge on any atom is 0.0698 e. The fourth-order valence-corrected chi connectivity index (χ4v) is 1.64. The summed E-state index contributed by atoms with van der Waals surface area (Å²) in [5, 5.41) is 25.9. The number of ether oxygens (including phenoxy) is 1. The van der Waals surface area contributed by atoms with Crippen LogP contribution in [0.25, 0.3) is 0 Å². The Labute approximate surface area is 125 Å². The molecule has 0 amide bonds. The third-order valence-electron chi connectivity index (χ3n) is 3.42. The molecule has 1 unspecified atom stereocenters. The Morgan fingerprint density at radius 1 is 0.950 bits per heavy atom. The predicted octanol–water partition coefficient (Wildman–Crippen LogP) is 2.74. The predicted molar refractivity (Wildman–Crippen MR) is 83.8 cm³/mol. The highest BCUT2D eigenvalue weighted by molar-refractivity contribution is 4.72. The molecule has 0 aliphatic carbocycles. The molecule has 0 heterocycles. The van der Waals surface area contributed by atoms with E-state index in [0.29, 0.717) is 19.1 Å². The first-order valence-corrected chi connectivity index (χ1v) is 7.91. The molecule has 0 saturated carbocycles. The van der Waals surface area contributed by atoms with Gasteiger partial charge in [-0.3, -0.25) is 0 Å². The maximum absolute atomic E-state index is 9.69. The minimum absolute atomic E-state index is 0.0278. The molecular weight excluding hydrogens is 256 g/mol. The quantitative estimate of drug-likeness (QED) is 0.512. The smallest absolute Gasteiger partial charge is 0.0698 e. The third-order valence-corrected chi connectivity index (χ3v) is 3.42. The third kappa shape index (κ3) is 17.8. The maximum atomic E-state index is 9.69. The molecule has 0 rings (SSSR count). The number of hydrogen-bond acceptors (Lipinski definition) is 4. The van der Waals surface area contributed by atoms with Crippen LogP contribution >= 0.6 is 0 Å². The summed E-state index contributed by atoms with van der Waals surface area (Å²) in [6.07, 6.45) is 7.78. The minimum atomic E-state index is -0.495. The molecule has 0 fully saturated rings. The van der Waals surface area contributed by atoms with Crippen LogP contribution in [0.15, 0.2) is 0 Å². The molecular formula is C16H36O4. The summed E-state index contributed by atoms with van der Waals surface area (Å²) in [5.41, 5.74) is -0.495. The van der Waals surface area contributed by atoms with Crippen molar-refractivity contribution in [2.24, 2.45) is 5.92 Å². The minimum Gasteiger partial charge on any atom is -0.394 e. The fraction of sp³-hybridized carbons (Fsp3) is 1.00. The lowest BCUT2D eigenvalue weighted by molar-refractivity contribution is 0.0203. The van der Waals surface area contributed by atoms with Crippen LogP contribution in [-0.4, -0.2) is 47.3 Å². The average molecular weight is 292 g/mol. The first kappa shape index (κ1) is 22.1. The topological polar surface area (TPSA) is 69.9 Å². The zero-order valence-electron chi connectivity index (χ0n) is 13.9. The highest BCUT2D eigenvalue weighted by atomic mass is 16.5. The van der Waals surface area contributed by atoms with E-state index in [4.69, 9.17) is 10.2 Å². The number of rotatable bonds is 11. The summed E-state index contributed by atoms with van der Waals surface area (Å²) in [7, 11) is 0. The molecule has 4 nitrogen and oxygen atoms in total. The number of aliphatic hydroxyl groups is 3. The van der Waals surface area contributed by atoms with Crippen molar-refractivity contribution < 1.29 is 20.1 Å². The molecule has 0 saturated heterocycles. The van der Waals surface area contributed by atoms with Crippen molar-refractivity contribution in [2.75, 3.05) is 26.4 Å². The molecule has 0 aromatic heterocycles. The highest BCUT2D eigenvalue weighted by Crippen LogP contribution is 2.22. The Balaban J connectivity index is 0. The van der Waals surface area contributed by atoms with Gasteiger partial charge >= 0.3 is 0 Å². The van der Waals surface area contributed by atoms with Gasteiger partial charge in [-0.25, -0.2) is 0 Å². The van der Waals surface area contributed by atoms with Crippen molar-refractivity contribution in [3.05, 3.63) is 0 Å². The van der Waals surface area contributed by atoms with E-state index < -0.39 is 5.60 Å². The van der Waals surface area contributed by atoms with Gasteiger partial charge in [-0.15, -0.1) is 0 Å². The molecule has 0 aromatic rings. The lowest BCUT2D eigenvalue weighted by Gasteiger charge is -2.25. The van der Waals surface area contributed by atoms with Crippen LogP contribution < -0.4 is 0 Å². The van der Waals surface area contributed by atoms with Crippen molar-refractivity contribution in [1.29, 1.82) is 0 Å². The van der Waals surface area contributed by atoms with E-state index in [1.54, 1.807) is 0 Å². The van der Waals surface area contributed by atoms with E-state index >= 15 is 0 Å². The summed E-state index contributed by atoms with van der Waals surface area (Å²) >= 11 is 0. The molecule has 0 aromatic carbocycles. The van der Waals surface area contributed by atoms with Gasteiger partial charge in [0.25, 0.3) is 0 Å². The molecule has 124 valence electrons. The summed E-state index contributed by atoms with van der Waals surface area (Å²) in [4.78, 5) is 0. The molecule has 0 aliphatic rings. The van der Waals surface area contributed by atoms with Crippen molar-refractivity contribution in [2.45, 2.75) is 71.8 Å². The SMILES string of the molecule is CCCCCCCC(C)C(C)(C)O.OCCOCCO. The van der Waals surface area contributed by atoms with Gasteiger partial charge in [0.15, 0.2) is 0 Å². The molecule has 4 heteroatoms. The Morgan fingerprint density at radius 2 is 1.45 bits per heavy atom. The van der Waals surface area contributed by atoms with E-state index in [0.717, 1.165) is 6.42 Å². The monoisotopic (exact) mass is 292 g/mol. The lowest BCUT2D eigenvalue weighted by Crippen LogP contribution is -2.28. The molecule has 20 heavy (non-hydrogen) atoms. The van der Waals surface area contributed by atoms with Gasteiger partial charge in [-0.1, -0.05) is 46.0 Å². The van der Waals surface area contributed by atoms with Crippen LogP contribution in [0.3, 0.4) is 0 Å². The van der Waals surface area contributed by atoms with E-state index in [-0.39, 0.29) is 13.2 Å². The summed E-state index contributed by atoms with van der Waals surface area (Å²) in [5.74, 6) is 0.425. The first-order chi connectivity index (χ1) is 9.40. The lowest BCUT2D eigenvalue weighted by atomic mass is 9.88. The van der Waals surface area contributed by atoms with Crippen LogP contribution in [0.1, 0.15) is 66.2 Å². The Bertz CT molecular complexity index is 174. The zero-order valence-corrected chi connectivity index (χ0v) is 13.9. The second-order valence-corrected chi connectivity index (χ2v) is 5.82. The van der Waals surface area contributed by atoms with E-state index in [2.05, 4.69) is 18.6 Å². The van der Waals surface area contributed by atoms with Gasteiger partial charge in [0.05, 0.1) is 32.0 Å². The normalized spacial score (nSPS) is 12.8. The Kier molecular flexibility index (Phi) is 16.9. The van der Waals surface area contributed by atoms with Crippen LogP contribution in [-0.2, 0) is 4.74 Å². The second-order valence-electron chi connectivity index (χ2n) is 5.82. The van der Waals surface area contributed by atoms with Gasteiger partial charge in [-0.2, -0.15) is 0 Å². The van der Waals surface area contributed by atoms with Gasteiger partial charge in [0.2, 0.25) is 0 Å². The summed E-state index contributed by atoms with van der Waals surface area (Å²) in [6, 6.07) is 0. The standard InChI is InChI=1S/C12H26O.C4H10O3/c1-5-6-7-8-9-10-11(2)12(3,4)13;5-1-3-7-4-2-6/h11,13H,5-10H2,1-4H3;5-6H,1-4H2. The van der Waals surface area contributed by atoms with Crippen molar-refractivity contribution in [3.8, 4) is 0 Å². The first-order valence-electron chi connectivity index (χ1n) is 7.91. The molecule has 1 atom stereocenters. The van der Waals surface area contributed by atoms with Gasteiger partial charge in [0.1, 0.15) is 0 Å². The fourth-order valence-electron chi connectivity index (χ4n) is 1.64. The highest BCUT2D eigenvalue weighted by Gasteiger charge is 2.21. The van der Waals surface area contributed by atoms with Crippen LogP contribution in [0.4, 0.5) is 0 Å². The molecule has 0 spiro atoms. The Morgan fingerprint density at radius 3 is 1.85 bits per heavy atom. The van der Waals surface area contributed by atoms with E-state index in [1.807, 2.05) is 13.8 Å². The van der Waals surface area contributed by atoms with E-state index in [9.17, 15) is 5.11 Å². The molecule has 0 radical (unpaired) electrons. The van der Waals surface area contributed by atoms with Crippen LogP contribution in [0.5, 0.6) is 0 Å². The molecule has 0 bridgehead atoms. The van der Waals surface area contributed by atoms with Crippen LogP contribution in [0, 0.1) is 5.92 Å². The average Bonchev–Trinajstić information content (AvgIpc) is 2.38.